The van der Waals surface area contributed by atoms with Crippen molar-refractivity contribution in [2.75, 3.05) is 18.4 Å². The number of anilines is 1. The van der Waals surface area contributed by atoms with Crippen molar-refractivity contribution in [2.24, 2.45) is 0 Å². The van der Waals surface area contributed by atoms with E-state index in [0.29, 0.717) is 30.3 Å². The minimum Gasteiger partial charge on any atom is -0.489 e. The summed E-state index contributed by atoms with van der Waals surface area (Å²) in [6.07, 6.45) is 1.11. The van der Waals surface area contributed by atoms with Crippen molar-refractivity contribution in [3.63, 3.8) is 0 Å². The number of benzene rings is 2. The van der Waals surface area contributed by atoms with Crippen LogP contribution in [0.3, 0.4) is 0 Å². The van der Waals surface area contributed by atoms with Crippen LogP contribution in [0.15, 0.2) is 47.4 Å². The predicted octanol–water partition coefficient (Wildman–Crippen LogP) is 3.82. The average Bonchev–Trinajstić information content (AvgIpc) is 2.79. The Labute approximate surface area is 194 Å². The van der Waals surface area contributed by atoms with Gasteiger partial charge < -0.3 is 19.5 Å². The van der Waals surface area contributed by atoms with Gasteiger partial charge in [-0.25, -0.2) is 8.42 Å². The maximum absolute atomic E-state index is 13.2. The highest BCUT2D eigenvalue weighted by Crippen LogP contribution is 2.35. The van der Waals surface area contributed by atoms with Crippen LogP contribution in [0, 0.1) is 0 Å². The van der Waals surface area contributed by atoms with Gasteiger partial charge in [-0.1, -0.05) is 18.6 Å². The summed E-state index contributed by atoms with van der Waals surface area (Å²) < 4.78 is 45.4. The molecule has 178 valence electrons. The van der Waals surface area contributed by atoms with Crippen LogP contribution in [0.2, 0.25) is 0 Å². The van der Waals surface area contributed by atoms with Crippen molar-refractivity contribution in [1.29, 1.82) is 0 Å². The van der Waals surface area contributed by atoms with Gasteiger partial charge in [0.15, 0.2) is 11.5 Å². The lowest BCUT2D eigenvalue weighted by molar-refractivity contribution is -0.128. The van der Waals surface area contributed by atoms with E-state index in [1.807, 2.05) is 19.9 Å². The molecule has 1 amide bonds. The fourth-order valence-corrected chi connectivity index (χ4v) is 5.53. The summed E-state index contributed by atoms with van der Waals surface area (Å²) in [4.78, 5) is 13.3. The quantitative estimate of drug-likeness (QED) is 0.684. The van der Waals surface area contributed by atoms with Crippen molar-refractivity contribution >= 4 is 21.6 Å². The van der Waals surface area contributed by atoms with E-state index in [1.165, 1.54) is 16.4 Å². The molecule has 2 aromatic rings. The Hall–Kier alpha value is -2.78. The Kier molecular flexibility index (Phi) is 6.81. The molecule has 1 N–H and O–H groups in total. The van der Waals surface area contributed by atoms with E-state index >= 15 is 0 Å². The number of rotatable bonds is 6. The molecule has 1 saturated heterocycles. The third kappa shape index (κ3) is 5.09. The van der Waals surface area contributed by atoms with Gasteiger partial charge >= 0.3 is 0 Å². The number of carbonyl (C=O) groups excluding carboxylic acids is 1. The van der Waals surface area contributed by atoms with E-state index in [4.69, 9.17) is 14.2 Å². The van der Waals surface area contributed by atoms with Gasteiger partial charge in [-0.15, -0.1) is 0 Å². The van der Waals surface area contributed by atoms with E-state index in [-0.39, 0.29) is 16.7 Å². The van der Waals surface area contributed by atoms with E-state index in [1.54, 1.807) is 31.2 Å². The lowest BCUT2D eigenvalue weighted by atomic mass is 10.1. The van der Waals surface area contributed by atoms with Crippen LogP contribution in [0.4, 0.5) is 5.69 Å². The van der Waals surface area contributed by atoms with E-state index in [0.717, 1.165) is 19.3 Å². The Balaban J connectivity index is 1.61. The third-order valence-electron chi connectivity index (χ3n) is 5.63. The lowest BCUT2D eigenvalue weighted by Gasteiger charge is -2.31. The minimum absolute atomic E-state index is 0.120. The number of fused-ring (bicyclic) bond motifs is 1. The molecule has 4 rings (SSSR count). The van der Waals surface area contributed by atoms with Crippen LogP contribution in [-0.4, -0.2) is 50.0 Å². The monoisotopic (exact) mass is 474 g/mol. The number of carbonyl (C=O) groups is 1. The van der Waals surface area contributed by atoms with Crippen molar-refractivity contribution in [3.05, 3.63) is 42.5 Å². The number of hydrogen-bond acceptors (Lipinski definition) is 6. The Morgan fingerprint density at radius 1 is 1.06 bits per heavy atom. The number of sulfonamides is 1. The standard InChI is InChI=1S/C24H30N2O6S/c1-16(2)30-20-12-11-18(33(28,29)26-13-7-4-8-14-26)15-19(20)25-24(27)23-17(3)31-21-9-5-6-10-22(21)32-23/h5-6,9-12,15-17,23H,4,7-8,13-14H2,1-3H3,(H,25,27)/t17-,23+/m0/s1. The SMILES string of the molecule is CC(C)Oc1ccc(S(=O)(=O)N2CCCCC2)cc1NC(=O)[C@@H]1Oc2ccccc2O[C@H]1C. The molecular formula is C24H30N2O6S. The molecule has 2 heterocycles. The van der Waals surface area contributed by atoms with E-state index < -0.39 is 28.1 Å². The second kappa shape index (κ2) is 9.61. The number of ether oxygens (including phenoxy) is 3. The molecule has 33 heavy (non-hydrogen) atoms. The molecule has 2 aromatic carbocycles. The molecule has 2 aliphatic rings. The fraction of sp³-hybridized carbons (Fsp3) is 0.458. The summed E-state index contributed by atoms with van der Waals surface area (Å²) >= 11 is 0. The molecule has 0 spiro atoms. The number of nitrogens with zero attached hydrogens (tertiary/aromatic N) is 1. The molecule has 0 aromatic heterocycles. The Morgan fingerprint density at radius 2 is 1.73 bits per heavy atom. The summed E-state index contributed by atoms with van der Waals surface area (Å²) in [5.41, 5.74) is 0.279. The van der Waals surface area contributed by atoms with E-state index in [2.05, 4.69) is 5.32 Å². The molecular weight excluding hydrogens is 444 g/mol. The first kappa shape index (κ1) is 23.4. The van der Waals surface area contributed by atoms with Crippen LogP contribution < -0.4 is 19.5 Å². The summed E-state index contributed by atoms with van der Waals surface area (Å²) in [6, 6.07) is 11.7. The molecule has 8 nitrogen and oxygen atoms in total. The van der Waals surface area contributed by atoms with Gasteiger partial charge in [-0.3, -0.25) is 4.79 Å². The Morgan fingerprint density at radius 3 is 2.39 bits per heavy atom. The van der Waals surface area contributed by atoms with Crippen molar-refractivity contribution in [2.45, 2.75) is 63.2 Å². The van der Waals surface area contributed by atoms with Gasteiger partial charge in [-0.2, -0.15) is 4.31 Å². The zero-order chi connectivity index (χ0) is 23.6. The second-order valence-electron chi connectivity index (χ2n) is 8.59. The van der Waals surface area contributed by atoms with Crippen molar-refractivity contribution < 1.29 is 27.4 Å². The molecule has 0 aliphatic carbocycles. The predicted molar refractivity (Wildman–Crippen MR) is 124 cm³/mol. The van der Waals surface area contributed by atoms with Crippen LogP contribution in [0.5, 0.6) is 17.2 Å². The van der Waals surface area contributed by atoms with Crippen LogP contribution >= 0.6 is 0 Å². The topological polar surface area (TPSA) is 94.2 Å². The highest BCUT2D eigenvalue weighted by Gasteiger charge is 2.35. The van der Waals surface area contributed by atoms with Gasteiger partial charge in [0.25, 0.3) is 5.91 Å². The summed E-state index contributed by atoms with van der Waals surface area (Å²) in [7, 11) is -3.67. The molecule has 0 radical (unpaired) electrons. The van der Waals surface area contributed by atoms with Gasteiger partial charge in [0.05, 0.1) is 16.7 Å². The first-order valence-electron chi connectivity index (χ1n) is 11.3. The fourth-order valence-electron chi connectivity index (χ4n) is 3.99. The van der Waals surface area contributed by atoms with Gasteiger partial charge in [0.1, 0.15) is 11.9 Å². The first-order valence-corrected chi connectivity index (χ1v) is 12.7. The Bertz CT molecular complexity index is 1110. The van der Waals surface area contributed by atoms with Crippen LogP contribution in [0.1, 0.15) is 40.0 Å². The minimum atomic E-state index is -3.67. The summed E-state index contributed by atoms with van der Waals surface area (Å²) in [6.45, 7) is 6.47. The van der Waals surface area contributed by atoms with Gasteiger partial charge in [0, 0.05) is 13.1 Å². The van der Waals surface area contributed by atoms with E-state index in [9.17, 15) is 13.2 Å². The zero-order valence-corrected chi connectivity index (χ0v) is 19.9. The maximum atomic E-state index is 13.2. The summed E-state index contributed by atoms with van der Waals surface area (Å²) in [5.74, 6) is 1.00. The normalized spacial score (nSPS) is 21.0. The van der Waals surface area contributed by atoms with Crippen molar-refractivity contribution in [3.8, 4) is 17.2 Å². The smallest absolute Gasteiger partial charge is 0.269 e. The summed E-state index contributed by atoms with van der Waals surface area (Å²) in [5, 5.41) is 2.81. The zero-order valence-electron chi connectivity index (χ0n) is 19.1. The number of nitrogens with one attached hydrogen (secondary N) is 1. The molecule has 2 aliphatic heterocycles. The lowest BCUT2D eigenvalue weighted by Crippen LogP contribution is -2.46. The molecule has 0 saturated carbocycles. The number of para-hydroxylation sites is 2. The molecule has 9 heteroatoms. The third-order valence-corrected chi connectivity index (χ3v) is 7.52. The van der Waals surface area contributed by atoms with Crippen LogP contribution in [-0.2, 0) is 14.8 Å². The van der Waals surface area contributed by atoms with Gasteiger partial charge in [0.2, 0.25) is 16.1 Å². The maximum Gasteiger partial charge on any atom is 0.269 e. The molecule has 1 fully saturated rings. The molecule has 2 atom stereocenters. The number of hydrogen-bond donors (Lipinski definition) is 1. The van der Waals surface area contributed by atoms with Gasteiger partial charge in [-0.05, 0) is 63.9 Å². The van der Waals surface area contributed by atoms with Crippen LogP contribution in [0.25, 0.3) is 0 Å². The van der Waals surface area contributed by atoms with Crippen molar-refractivity contribution in [1.82, 2.24) is 4.31 Å². The first-order chi connectivity index (χ1) is 15.8. The number of piperidine rings is 1. The number of amides is 1. The molecule has 0 unspecified atom stereocenters. The highest BCUT2D eigenvalue weighted by atomic mass is 32.2. The highest BCUT2D eigenvalue weighted by molar-refractivity contribution is 7.89. The average molecular weight is 475 g/mol. The largest absolute Gasteiger partial charge is 0.489 e. The molecule has 0 bridgehead atoms. The second-order valence-corrected chi connectivity index (χ2v) is 10.5.